The third-order valence-electron chi connectivity index (χ3n) is 5.29. The highest BCUT2D eigenvalue weighted by Gasteiger charge is 2.20. The second kappa shape index (κ2) is 8.90. The van der Waals surface area contributed by atoms with E-state index in [0.717, 1.165) is 27.8 Å². The van der Waals surface area contributed by atoms with Crippen molar-refractivity contribution in [1.82, 2.24) is 19.7 Å². The standard InChI is InChI=1S/C25H22N4O3/c1-5-6-18-11-12-20(24(30)31-3)23-21(18)15-27-29(23)16(2)17-7-9-19(10-8-17)22-13-14-26-25(28-22)32-4/h7-16H,1-4H3. The van der Waals surface area contributed by atoms with Crippen molar-refractivity contribution < 1.29 is 14.3 Å². The lowest BCUT2D eigenvalue weighted by atomic mass is 10.0. The van der Waals surface area contributed by atoms with Crippen LogP contribution in [-0.2, 0) is 4.74 Å². The number of benzene rings is 2. The molecule has 2 heterocycles. The average molecular weight is 426 g/mol. The molecule has 32 heavy (non-hydrogen) atoms. The number of aromatic nitrogens is 4. The summed E-state index contributed by atoms with van der Waals surface area (Å²) in [5.74, 6) is 5.59. The molecule has 0 aliphatic rings. The Labute approximate surface area is 186 Å². The quantitative estimate of drug-likeness (QED) is 0.350. The first-order valence-electron chi connectivity index (χ1n) is 10.1. The summed E-state index contributed by atoms with van der Waals surface area (Å²) in [5.41, 5.74) is 4.73. The van der Waals surface area contributed by atoms with Crippen molar-refractivity contribution in [2.24, 2.45) is 0 Å². The fourth-order valence-electron chi connectivity index (χ4n) is 3.65. The SMILES string of the molecule is CC#Cc1ccc(C(=O)OC)c2c1cnn2C(C)c1ccc(-c2ccnc(OC)n2)cc1. The largest absolute Gasteiger partial charge is 0.467 e. The number of carbonyl (C=O) groups excluding carboxylic acids is 1. The molecule has 2 aromatic carbocycles. The molecule has 0 saturated heterocycles. The van der Waals surface area contributed by atoms with Crippen molar-refractivity contribution in [3.05, 3.63) is 71.5 Å². The number of esters is 1. The zero-order valence-electron chi connectivity index (χ0n) is 18.3. The van der Waals surface area contributed by atoms with Gasteiger partial charge in [0, 0.05) is 22.7 Å². The summed E-state index contributed by atoms with van der Waals surface area (Å²) in [7, 11) is 2.91. The van der Waals surface area contributed by atoms with E-state index in [1.807, 2.05) is 48.0 Å². The Balaban J connectivity index is 1.76. The summed E-state index contributed by atoms with van der Waals surface area (Å²) in [6.07, 6.45) is 3.41. The molecule has 0 amide bonds. The van der Waals surface area contributed by atoms with Crippen molar-refractivity contribution in [2.45, 2.75) is 19.9 Å². The minimum Gasteiger partial charge on any atom is -0.467 e. The van der Waals surface area contributed by atoms with E-state index in [0.29, 0.717) is 17.1 Å². The molecule has 4 aromatic rings. The van der Waals surface area contributed by atoms with Crippen LogP contribution in [0.25, 0.3) is 22.2 Å². The molecule has 0 bridgehead atoms. The fourth-order valence-corrected chi connectivity index (χ4v) is 3.65. The summed E-state index contributed by atoms with van der Waals surface area (Å²) >= 11 is 0. The van der Waals surface area contributed by atoms with Crippen LogP contribution < -0.4 is 4.74 Å². The van der Waals surface area contributed by atoms with Crippen LogP contribution in [0.15, 0.2) is 54.9 Å². The van der Waals surface area contributed by atoms with E-state index in [-0.39, 0.29) is 6.04 Å². The van der Waals surface area contributed by atoms with Gasteiger partial charge in [-0.1, -0.05) is 30.2 Å². The monoisotopic (exact) mass is 426 g/mol. The number of carbonyl (C=O) groups is 1. The predicted molar refractivity (Wildman–Crippen MR) is 121 cm³/mol. The molecule has 0 N–H and O–H groups in total. The number of nitrogens with zero attached hydrogens (tertiary/aromatic N) is 4. The molecule has 4 rings (SSSR count). The number of methoxy groups -OCH3 is 2. The zero-order chi connectivity index (χ0) is 22.7. The Morgan fingerprint density at radius 2 is 1.88 bits per heavy atom. The molecule has 0 radical (unpaired) electrons. The van der Waals surface area contributed by atoms with Gasteiger partial charge in [-0.3, -0.25) is 4.68 Å². The van der Waals surface area contributed by atoms with Gasteiger partial charge in [0.1, 0.15) is 0 Å². The van der Waals surface area contributed by atoms with Gasteiger partial charge in [0.05, 0.1) is 43.2 Å². The molecular formula is C25H22N4O3. The van der Waals surface area contributed by atoms with Crippen molar-refractivity contribution in [3.63, 3.8) is 0 Å². The maximum atomic E-state index is 12.4. The van der Waals surface area contributed by atoms with Gasteiger partial charge in [-0.15, -0.1) is 5.92 Å². The van der Waals surface area contributed by atoms with Crippen molar-refractivity contribution in [3.8, 4) is 29.1 Å². The van der Waals surface area contributed by atoms with E-state index in [9.17, 15) is 4.79 Å². The molecule has 0 fully saturated rings. The molecule has 0 aliphatic heterocycles. The van der Waals surface area contributed by atoms with Crippen molar-refractivity contribution in [2.75, 3.05) is 14.2 Å². The Morgan fingerprint density at radius 1 is 1.09 bits per heavy atom. The summed E-state index contributed by atoms with van der Waals surface area (Å²) < 4.78 is 12.0. The highest BCUT2D eigenvalue weighted by Crippen LogP contribution is 2.29. The first-order chi connectivity index (χ1) is 15.6. The normalized spacial score (nSPS) is 11.5. The zero-order valence-corrected chi connectivity index (χ0v) is 18.3. The van der Waals surface area contributed by atoms with E-state index < -0.39 is 5.97 Å². The number of fused-ring (bicyclic) bond motifs is 1. The maximum Gasteiger partial charge on any atom is 0.340 e. The van der Waals surface area contributed by atoms with Gasteiger partial charge in [0.15, 0.2) is 0 Å². The molecule has 7 heteroatoms. The van der Waals surface area contributed by atoms with Crippen LogP contribution in [0.1, 0.15) is 41.4 Å². The second-order valence-corrected chi connectivity index (χ2v) is 7.11. The van der Waals surface area contributed by atoms with E-state index in [1.165, 1.54) is 7.11 Å². The number of ether oxygens (including phenoxy) is 2. The van der Waals surface area contributed by atoms with E-state index in [1.54, 1.807) is 32.5 Å². The van der Waals surface area contributed by atoms with Gasteiger partial charge in [-0.05, 0) is 37.6 Å². The van der Waals surface area contributed by atoms with Gasteiger partial charge in [-0.25, -0.2) is 9.78 Å². The van der Waals surface area contributed by atoms with Crippen LogP contribution in [-0.4, -0.2) is 39.9 Å². The van der Waals surface area contributed by atoms with Crippen LogP contribution in [0, 0.1) is 11.8 Å². The Hall–Kier alpha value is -4.18. The third kappa shape index (κ3) is 3.79. The second-order valence-electron chi connectivity index (χ2n) is 7.11. The number of rotatable bonds is 5. The average Bonchev–Trinajstić information content (AvgIpc) is 3.29. The molecule has 0 spiro atoms. The highest BCUT2D eigenvalue weighted by molar-refractivity contribution is 6.04. The lowest BCUT2D eigenvalue weighted by Gasteiger charge is -2.16. The minimum atomic E-state index is -0.409. The lowest BCUT2D eigenvalue weighted by molar-refractivity contribution is 0.0602. The molecule has 2 aromatic heterocycles. The van der Waals surface area contributed by atoms with Gasteiger partial charge in [0.2, 0.25) is 0 Å². The Kier molecular flexibility index (Phi) is 5.86. The van der Waals surface area contributed by atoms with Crippen molar-refractivity contribution >= 4 is 16.9 Å². The van der Waals surface area contributed by atoms with Crippen LogP contribution in [0.2, 0.25) is 0 Å². The predicted octanol–water partition coefficient (Wildman–Crippen LogP) is 4.27. The van der Waals surface area contributed by atoms with Gasteiger partial charge in [0.25, 0.3) is 0 Å². The number of hydrogen-bond acceptors (Lipinski definition) is 6. The smallest absolute Gasteiger partial charge is 0.340 e. The Bertz CT molecular complexity index is 1350. The lowest BCUT2D eigenvalue weighted by Crippen LogP contribution is -2.12. The van der Waals surface area contributed by atoms with E-state index >= 15 is 0 Å². The highest BCUT2D eigenvalue weighted by atomic mass is 16.5. The molecule has 1 unspecified atom stereocenters. The summed E-state index contributed by atoms with van der Waals surface area (Å²) in [5, 5.41) is 5.42. The van der Waals surface area contributed by atoms with Crippen LogP contribution in [0.3, 0.4) is 0 Å². The summed E-state index contributed by atoms with van der Waals surface area (Å²) in [4.78, 5) is 20.9. The molecule has 1 atom stereocenters. The topological polar surface area (TPSA) is 79.1 Å². The molecule has 0 aliphatic carbocycles. The van der Waals surface area contributed by atoms with Gasteiger partial charge >= 0.3 is 12.0 Å². The van der Waals surface area contributed by atoms with E-state index in [2.05, 4.69) is 26.9 Å². The van der Waals surface area contributed by atoms with Gasteiger partial charge in [-0.2, -0.15) is 10.1 Å². The maximum absolute atomic E-state index is 12.4. The minimum absolute atomic E-state index is 0.130. The molecular weight excluding hydrogens is 404 g/mol. The summed E-state index contributed by atoms with van der Waals surface area (Å²) in [6.45, 7) is 3.82. The number of hydrogen-bond donors (Lipinski definition) is 0. The Morgan fingerprint density at radius 3 is 2.56 bits per heavy atom. The molecule has 160 valence electrons. The molecule has 7 nitrogen and oxygen atoms in total. The fraction of sp³-hybridized carbons (Fsp3) is 0.200. The molecule has 0 saturated carbocycles. The first kappa shape index (κ1) is 21.1. The van der Waals surface area contributed by atoms with E-state index in [4.69, 9.17) is 9.47 Å². The first-order valence-corrected chi connectivity index (χ1v) is 10.1. The van der Waals surface area contributed by atoms with Crippen molar-refractivity contribution in [1.29, 1.82) is 0 Å². The van der Waals surface area contributed by atoms with Gasteiger partial charge < -0.3 is 9.47 Å². The van der Waals surface area contributed by atoms with Crippen LogP contribution in [0.5, 0.6) is 6.01 Å². The van der Waals surface area contributed by atoms with Crippen LogP contribution >= 0.6 is 0 Å². The summed E-state index contributed by atoms with van der Waals surface area (Å²) in [6, 6.07) is 13.6. The van der Waals surface area contributed by atoms with Crippen LogP contribution in [0.4, 0.5) is 0 Å². The third-order valence-corrected chi connectivity index (χ3v) is 5.29.